The number of hydrogen-bond donors (Lipinski definition) is 0. The van der Waals surface area contributed by atoms with E-state index in [4.69, 9.17) is 14.2 Å². The van der Waals surface area contributed by atoms with Gasteiger partial charge in [-0.05, 0) is 77.0 Å². The van der Waals surface area contributed by atoms with Crippen molar-refractivity contribution in [2.75, 3.05) is 41.0 Å². The Morgan fingerprint density at radius 2 is 1.02 bits per heavy atom. The largest absolute Gasteiger partial charge is 0.544 e. The molecule has 2 unspecified atom stereocenters. The minimum absolute atomic E-state index is 0.0243. The van der Waals surface area contributed by atoms with Gasteiger partial charge in [0.15, 0.2) is 6.10 Å². The highest BCUT2D eigenvalue weighted by atomic mass is 16.6. The molecule has 0 amide bonds. The van der Waals surface area contributed by atoms with Crippen LogP contribution in [-0.2, 0) is 28.6 Å². The van der Waals surface area contributed by atoms with Crippen LogP contribution in [0.25, 0.3) is 0 Å². The van der Waals surface area contributed by atoms with Gasteiger partial charge in [0.2, 0.25) is 0 Å². The van der Waals surface area contributed by atoms with Gasteiger partial charge in [0, 0.05) is 19.3 Å². The second-order valence-corrected chi connectivity index (χ2v) is 15.5. The van der Waals surface area contributed by atoms with Crippen molar-refractivity contribution in [1.29, 1.82) is 0 Å². The Morgan fingerprint density at radius 1 is 0.564 bits per heavy atom. The van der Waals surface area contributed by atoms with Crippen molar-refractivity contribution in [3.05, 3.63) is 60.8 Å². The van der Waals surface area contributed by atoms with Crippen LogP contribution in [0.4, 0.5) is 0 Å². The summed E-state index contributed by atoms with van der Waals surface area (Å²) in [4.78, 5) is 36.8. The van der Waals surface area contributed by atoms with Crippen molar-refractivity contribution in [2.45, 2.75) is 180 Å². The number of aliphatic carboxylic acids is 1. The lowest BCUT2D eigenvalue weighted by Gasteiger charge is -2.34. The first-order valence-corrected chi connectivity index (χ1v) is 21.8. The minimum atomic E-state index is -1.13. The van der Waals surface area contributed by atoms with Crippen LogP contribution in [0, 0.1) is 0 Å². The van der Waals surface area contributed by atoms with Crippen molar-refractivity contribution in [3.8, 4) is 0 Å². The lowest BCUT2D eigenvalue weighted by Crippen LogP contribution is -2.55. The van der Waals surface area contributed by atoms with E-state index >= 15 is 0 Å². The van der Waals surface area contributed by atoms with Gasteiger partial charge in [0.25, 0.3) is 0 Å². The zero-order valence-electron chi connectivity index (χ0n) is 35.8. The number of unbranched alkanes of at least 4 members (excludes halogenated alkanes) is 14. The molecule has 0 fully saturated rings. The molecule has 8 nitrogen and oxygen atoms in total. The molecule has 316 valence electrons. The first kappa shape index (κ1) is 52.0. The fraction of sp³-hybridized carbons (Fsp3) is 0.723. The smallest absolute Gasteiger partial charge is 0.306 e. The Morgan fingerprint density at radius 3 is 1.55 bits per heavy atom. The Labute approximate surface area is 337 Å². The maximum Gasteiger partial charge on any atom is 0.306 e. The fourth-order valence-corrected chi connectivity index (χ4v) is 6.00. The molecule has 2 atom stereocenters. The summed E-state index contributed by atoms with van der Waals surface area (Å²) in [5.74, 6) is -1.79. The summed E-state index contributed by atoms with van der Waals surface area (Å²) >= 11 is 0. The van der Waals surface area contributed by atoms with Gasteiger partial charge < -0.3 is 28.6 Å². The van der Waals surface area contributed by atoms with Crippen molar-refractivity contribution in [1.82, 2.24) is 0 Å². The standard InChI is InChI=1S/C47H81NO7/c1-6-8-10-12-14-16-18-20-22-24-26-28-30-32-34-36-38-46(50)55-43(41-53-40-39-44(47(51)52)48(3,4)5)42-54-45(49)37-35-33-31-29-27-25-23-21-19-17-15-13-11-9-7-2/h8,10,14,16-17,19-20,22,26,28,43-44H,6-7,9,11-13,15,18,21,23-25,27,29-42H2,1-5H3/b10-8+,16-14+,19-17+,22-20+,28-26+. The van der Waals surface area contributed by atoms with Gasteiger partial charge in [-0.2, -0.15) is 0 Å². The molecule has 0 aliphatic heterocycles. The van der Waals surface area contributed by atoms with E-state index in [1.54, 1.807) is 21.1 Å². The quantitative estimate of drug-likeness (QED) is 0.0266. The number of likely N-dealkylation sites (N-methyl/N-ethyl adjacent to an activating group) is 1. The maximum atomic E-state index is 12.7. The average Bonchev–Trinajstić information content (AvgIpc) is 3.14. The van der Waals surface area contributed by atoms with Gasteiger partial charge in [0.1, 0.15) is 12.6 Å². The van der Waals surface area contributed by atoms with Crippen LogP contribution in [0.1, 0.15) is 168 Å². The Hall–Kier alpha value is -2.97. The highest BCUT2D eigenvalue weighted by Gasteiger charge is 2.25. The molecule has 8 heteroatoms. The highest BCUT2D eigenvalue weighted by Crippen LogP contribution is 2.13. The highest BCUT2D eigenvalue weighted by molar-refractivity contribution is 5.70. The summed E-state index contributed by atoms with van der Waals surface area (Å²) in [5, 5.41) is 11.6. The predicted molar refractivity (Wildman–Crippen MR) is 226 cm³/mol. The molecule has 0 aromatic rings. The number of carboxylic acids is 1. The molecule has 0 saturated carbocycles. The summed E-state index contributed by atoms with van der Waals surface area (Å²) in [6.45, 7) is 4.49. The number of carbonyl (C=O) groups excluding carboxylic acids is 3. The molecular weight excluding hydrogens is 691 g/mol. The molecule has 0 saturated heterocycles. The second kappa shape index (κ2) is 37.9. The molecule has 0 spiro atoms. The summed E-state index contributed by atoms with van der Waals surface area (Å²) in [5.41, 5.74) is 0. The summed E-state index contributed by atoms with van der Waals surface area (Å²) < 4.78 is 17.1. The Balaban J connectivity index is 4.43. The van der Waals surface area contributed by atoms with E-state index in [1.165, 1.54) is 64.2 Å². The molecule has 0 heterocycles. The van der Waals surface area contributed by atoms with Crippen LogP contribution in [0.5, 0.6) is 0 Å². The first-order valence-electron chi connectivity index (χ1n) is 21.8. The molecular formula is C47H81NO7. The van der Waals surface area contributed by atoms with Gasteiger partial charge in [-0.15, -0.1) is 0 Å². The summed E-state index contributed by atoms with van der Waals surface area (Å²) in [7, 11) is 5.39. The molecule has 0 aromatic heterocycles. The molecule has 0 bridgehead atoms. The van der Waals surface area contributed by atoms with Gasteiger partial charge in [-0.3, -0.25) is 9.59 Å². The first-order chi connectivity index (χ1) is 26.6. The van der Waals surface area contributed by atoms with E-state index in [9.17, 15) is 19.5 Å². The van der Waals surface area contributed by atoms with Gasteiger partial charge >= 0.3 is 11.9 Å². The van der Waals surface area contributed by atoms with Crippen LogP contribution < -0.4 is 5.11 Å². The number of hydrogen-bond acceptors (Lipinski definition) is 7. The molecule has 0 rings (SSSR count). The van der Waals surface area contributed by atoms with E-state index in [-0.39, 0.29) is 49.1 Å². The normalized spacial score (nSPS) is 13.5. The SMILES string of the molecule is CC/C=C/C/C=C/C/C=C/C/C=C/CCCCCC(=O)OC(COCCC(C(=O)[O-])[N+](C)(C)C)COC(=O)CCCCCCCCC/C=C/CCCCCC. The lowest BCUT2D eigenvalue weighted by molar-refractivity contribution is -0.889. The number of allylic oxidation sites excluding steroid dienone is 10. The van der Waals surface area contributed by atoms with Crippen LogP contribution in [0.2, 0.25) is 0 Å². The number of esters is 2. The van der Waals surface area contributed by atoms with Crippen LogP contribution in [0.15, 0.2) is 60.8 Å². The lowest BCUT2D eigenvalue weighted by atomic mass is 10.1. The van der Waals surface area contributed by atoms with E-state index in [0.717, 1.165) is 64.2 Å². The van der Waals surface area contributed by atoms with Gasteiger partial charge in [-0.25, -0.2) is 0 Å². The Bertz CT molecular complexity index is 1090. The zero-order chi connectivity index (χ0) is 40.7. The molecule has 0 aromatic carbocycles. The third-order valence-electron chi connectivity index (χ3n) is 9.39. The topological polar surface area (TPSA) is 102 Å². The van der Waals surface area contributed by atoms with Gasteiger partial charge in [0.05, 0.1) is 40.3 Å². The summed E-state index contributed by atoms with van der Waals surface area (Å²) in [6, 6.07) is -0.734. The van der Waals surface area contributed by atoms with Crippen LogP contribution in [0.3, 0.4) is 0 Å². The minimum Gasteiger partial charge on any atom is -0.544 e. The van der Waals surface area contributed by atoms with E-state index < -0.39 is 18.1 Å². The molecule has 0 radical (unpaired) electrons. The number of carboxylic acid groups (broad SMARTS) is 1. The van der Waals surface area contributed by atoms with Crippen molar-refractivity contribution < 1.29 is 38.2 Å². The second-order valence-electron chi connectivity index (χ2n) is 15.5. The van der Waals surface area contributed by atoms with Crippen molar-refractivity contribution >= 4 is 17.9 Å². The maximum absolute atomic E-state index is 12.7. The average molecular weight is 772 g/mol. The number of rotatable bonds is 38. The number of carbonyl (C=O) groups is 3. The molecule has 55 heavy (non-hydrogen) atoms. The van der Waals surface area contributed by atoms with Crippen LogP contribution in [-0.4, -0.2) is 75.5 Å². The Kier molecular flexibility index (Phi) is 35.9. The molecule has 0 N–H and O–H groups in total. The van der Waals surface area contributed by atoms with Crippen LogP contribution >= 0.6 is 0 Å². The van der Waals surface area contributed by atoms with E-state index in [1.807, 2.05) is 0 Å². The number of nitrogens with zero attached hydrogens (tertiary/aromatic N) is 1. The van der Waals surface area contributed by atoms with Gasteiger partial charge in [-0.1, -0.05) is 132 Å². The monoisotopic (exact) mass is 772 g/mol. The van der Waals surface area contributed by atoms with Crippen molar-refractivity contribution in [3.63, 3.8) is 0 Å². The van der Waals surface area contributed by atoms with Crippen molar-refractivity contribution in [2.24, 2.45) is 0 Å². The number of ether oxygens (including phenoxy) is 3. The molecule has 0 aliphatic carbocycles. The molecule has 0 aliphatic rings. The predicted octanol–water partition coefficient (Wildman–Crippen LogP) is 10.5. The third-order valence-corrected chi connectivity index (χ3v) is 9.39. The van der Waals surface area contributed by atoms with E-state index in [2.05, 4.69) is 74.6 Å². The van der Waals surface area contributed by atoms with E-state index in [0.29, 0.717) is 12.8 Å². The third kappa shape index (κ3) is 36.4. The fourth-order valence-electron chi connectivity index (χ4n) is 6.00. The summed E-state index contributed by atoms with van der Waals surface area (Å²) in [6.07, 6.45) is 45.3. The zero-order valence-corrected chi connectivity index (χ0v) is 35.8. The number of quaternary nitrogens is 1.